The molecule has 104 valence electrons. The highest BCUT2D eigenvalue weighted by molar-refractivity contribution is 5.02. The highest BCUT2D eigenvalue weighted by Gasteiger charge is 2.67. The summed E-state index contributed by atoms with van der Waals surface area (Å²) in [6, 6.07) is 0. The summed E-state index contributed by atoms with van der Waals surface area (Å²) >= 11 is 0. The summed E-state index contributed by atoms with van der Waals surface area (Å²) in [5, 5.41) is 0. The molecule has 0 saturated heterocycles. The Hall–Kier alpha value is -0.420. The number of hydrogen-bond donors (Lipinski definition) is 0. The first-order valence-electron chi connectivity index (χ1n) is 5.13. The second-order valence-electron chi connectivity index (χ2n) is 5.87. The molecule has 0 aromatic heterocycles. The zero-order valence-electron chi connectivity index (χ0n) is 10.8. The van der Waals surface area contributed by atoms with Crippen LogP contribution in [0.1, 0.15) is 41.5 Å². The topological polar surface area (TPSA) is 0 Å². The highest BCUT2D eigenvalue weighted by Crippen LogP contribution is 2.62. The molecule has 17 heavy (non-hydrogen) atoms. The molecule has 0 rings (SSSR count). The van der Waals surface area contributed by atoms with Crippen LogP contribution in [0.3, 0.4) is 0 Å². The van der Waals surface area contributed by atoms with E-state index in [-0.39, 0.29) is 0 Å². The van der Waals surface area contributed by atoms with Gasteiger partial charge in [0.1, 0.15) is 0 Å². The van der Waals surface area contributed by atoms with Crippen LogP contribution in [0.2, 0.25) is 0 Å². The second kappa shape index (κ2) is 3.79. The van der Waals surface area contributed by atoms with E-state index in [4.69, 9.17) is 0 Å². The molecule has 0 aromatic rings. The average Bonchev–Trinajstić information content (AvgIpc) is 1.98. The van der Waals surface area contributed by atoms with Crippen molar-refractivity contribution in [3.05, 3.63) is 0 Å². The van der Waals surface area contributed by atoms with Crippen LogP contribution in [0.25, 0.3) is 0 Å². The predicted molar refractivity (Wildman–Crippen MR) is 53.5 cm³/mol. The molecule has 0 nitrogen and oxygen atoms in total. The third-order valence-electron chi connectivity index (χ3n) is 4.54. The van der Waals surface area contributed by atoms with Gasteiger partial charge < -0.3 is 0 Å². The maximum atomic E-state index is 12.9. The van der Waals surface area contributed by atoms with Gasteiger partial charge in [0, 0.05) is 0 Å². The molecule has 0 saturated carbocycles. The molecular weight excluding hydrogens is 246 g/mol. The molecule has 0 aliphatic heterocycles. The van der Waals surface area contributed by atoms with Gasteiger partial charge in [-0.2, -0.15) is 26.3 Å². The van der Waals surface area contributed by atoms with Crippen LogP contribution in [0, 0.1) is 16.2 Å². The number of hydrogen-bond acceptors (Lipinski definition) is 0. The average molecular weight is 264 g/mol. The Morgan fingerprint density at radius 2 is 0.588 bits per heavy atom. The fraction of sp³-hybridized carbons (Fsp3) is 1.00. The van der Waals surface area contributed by atoms with Crippen molar-refractivity contribution in [1.82, 2.24) is 0 Å². The van der Waals surface area contributed by atoms with Crippen molar-refractivity contribution in [1.29, 1.82) is 0 Å². The zero-order chi connectivity index (χ0) is 14.5. The van der Waals surface area contributed by atoms with Gasteiger partial charge in [0.05, 0.1) is 10.8 Å². The van der Waals surface area contributed by atoms with Crippen molar-refractivity contribution in [2.75, 3.05) is 0 Å². The monoisotopic (exact) mass is 264 g/mol. The van der Waals surface area contributed by atoms with E-state index in [2.05, 4.69) is 0 Å². The number of halogens is 6. The van der Waals surface area contributed by atoms with Gasteiger partial charge in [-0.25, -0.2) is 0 Å². The Morgan fingerprint density at radius 3 is 0.706 bits per heavy atom. The summed E-state index contributed by atoms with van der Waals surface area (Å²) in [4.78, 5) is 0. The van der Waals surface area contributed by atoms with Crippen molar-refractivity contribution in [2.24, 2.45) is 16.2 Å². The molecule has 6 heteroatoms. The zero-order valence-corrected chi connectivity index (χ0v) is 10.8. The Bertz CT molecular complexity index is 251. The van der Waals surface area contributed by atoms with Gasteiger partial charge in [-0.05, 0) is 5.41 Å². The molecule has 0 N–H and O–H groups in total. The van der Waals surface area contributed by atoms with E-state index < -0.39 is 28.6 Å². The van der Waals surface area contributed by atoms with Crippen LogP contribution in [0.4, 0.5) is 26.3 Å². The van der Waals surface area contributed by atoms with Crippen molar-refractivity contribution >= 4 is 0 Å². The Balaban J connectivity index is 5.73. The van der Waals surface area contributed by atoms with Crippen molar-refractivity contribution in [3.8, 4) is 0 Å². The Morgan fingerprint density at radius 1 is 0.412 bits per heavy atom. The third-order valence-corrected chi connectivity index (χ3v) is 4.54. The van der Waals surface area contributed by atoms with Crippen LogP contribution in [0.15, 0.2) is 0 Å². The van der Waals surface area contributed by atoms with Crippen molar-refractivity contribution in [3.63, 3.8) is 0 Å². The molecule has 0 aliphatic carbocycles. The van der Waals surface area contributed by atoms with Gasteiger partial charge in [-0.3, -0.25) is 0 Å². The summed E-state index contributed by atoms with van der Waals surface area (Å²) in [7, 11) is 0. The summed E-state index contributed by atoms with van der Waals surface area (Å²) in [5.41, 5.74) is -6.88. The van der Waals surface area contributed by atoms with Gasteiger partial charge in [0.25, 0.3) is 0 Å². The summed E-state index contributed by atoms with van der Waals surface area (Å²) in [5.74, 6) is 0. The van der Waals surface area contributed by atoms with Gasteiger partial charge >= 0.3 is 12.4 Å². The SMILES string of the molecule is CC(C)(C(F)(F)F)C(C)(C)C(C)(C)C(F)(F)F. The lowest BCUT2D eigenvalue weighted by molar-refractivity contribution is -0.315. The Labute approximate surface area is 97.4 Å². The number of rotatable bonds is 2. The van der Waals surface area contributed by atoms with Crippen LogP contribution < -0.4 is 0 Å². The molecule has 0 radical (unpaired) electrons. The van der Waals surface area contributed by atoms with Crippen LogP contribution in [0.5, 0.6) is 0 Å². The fourth-order valence-electron chi connectivity index (χ4n) is 1.49. The van der Waals surface area contributed by atoms with Crippen LogP contribution in [-0.2, 0) is 0 Å². The maximum absolute atomic E-state index is 12.9. The first-order chi connectivity index (χ1) is 7.00. The van der Waals surface area contributed by atoms with Gasteiger partial charge in [-0.1, -0.05) is 41.5 Å². The molecule has 0 heterocycles. The lowest BCUT2D eigenvalue weighted by atomic mass is 9.54. The van der Waals surface area contributed by atoms with E-state index in [0.29, 0.717) is 0 Å². The predicted octanol–water partition coefficient (Wildman–Crippen LogP) is 5.19. The lowest BCUT2D eigenvalue weighted by Gasteiger charge is -2.52. The van der Waals surface area contributed by atoms with E-state index in [9.17, 15) is 26.3 Å². The quantitative estimate of drug-likeness (QED) is 0.602. The molecule has 0 aliphatic rings. The lowest BCUT2D eigenvalue weighted by Crippen LogP contribution is -2.57. The van der Waals surface area contributed by atoms with Crippen molar-refractivity contribution in [2.45, 2.75) is 53.9 Å². The smallest absolute Gasteiger partial charge is 0.171 e. The van der Waals surface area contributed by atoms with E-state index in [1.165, 1.54) is 0 Å². The highest BCUT2D eigenvalue weighted by atomic mass is 19.4. The molecule has 0 aromatic carbocycles. The summed E-state index contributed by atoms with van der Waals surface area (Å²) in [6.45, 7) is 5.24. The van der Waals surface area contributed by atoms with Gasteiger partial charge in [-0.15, -0.1) is 0 Å². The van der Waals surface area contributed by atoms with Crippen molar-refractivity contribution < 1.29 is 26.3 Å². The first-order valence-corrected chi connectivity index (χ1v) is 5.13. The van der Waals surface area contributed by atoms with Crippen LogP contribution >= 0.6 is 0 Å². The van der Waals surface area contributed by atoms with E-state index in [1.807, 2.05) is 0 Å². The summed E-state index contributed by atoms with van der Waals surface area (Å²) in [6.07, 6.45) is -9.39. The third kappa shape index (κ3) is 2.27. The van der Waals surface area contributed by atoms with Gasteiger partial charge in [0.2, 0.25) is 0 Å². The molecule has 0 amide bonds. The summed E-state index contributed by atoms with van der Waals surface area (Å²) < 4.78 is 77.3. The minimum atomic E-state index is -4.70. The Kier molecular flexibility index (Phi) is 3.69. The van der Waals surface area contributed by atoms with Gasteiger partial charge in [0.15, 0.2) is 0 Å². The standard InChI is InChI=1S/C11H18F6/c1-7(2,8(3,4)10(12,13)14)9(5,6)11(15,16)17/h1-6H3. The normalized spacial score (nSPS) is 16.2. The molecule has 0 spiro atoms. The molecule has 0 fully saturated rings. The largest absolute Gasteiger partial charge is 0.394 e. The second-order valence-corrected chi connectivity index (χ2v) is 5.87. The molecular formula is C11H18F6. The van der Waals surface area contributed by atoms with E-state index in [1.54, 1.807) is 0 Å². The fourth-order valence-corrected chi connectivity index (χ4v) is 1.49. The van der Waals surface area contributed by atoms with Crippen LogP contribution in [-0.4, -0.2) is 12.4 Å². The molecule has 0 unspecified atom stereocenters. The maximum Gasteiger partial charge on any atom is 0.394 e. The first kappa shape index (κ1) is 16.6. The molecule has 0 atom stereocenters. The van der Waals surface area contributed by atoms with E-state index in [0.717, 1.165) is 41.5 Å². The minimum Gasteiger partial charge on any atom is -0.171 e. The number of alkyl halides is 6. The minimum absolute atomic E-state index is 0.806. The van der Waals surface area contributed by atoms with E-state index >= 15 is 0 Å². The molecule has 0 bridgehead atoms.